The van der Waals surface area contributed by atoms with Crippen molar-refractivity contribution in [3.05, 3.63) is 35.9 Å². The van der Waals surface area contributed by atoms with E-state index >= 15 is 0 Å². The fourth-order valence-corrected chi connectivity index (χ4v) is 8.79. The predicted octanol–water partition coefficient (Wildman–Crippen LogP) is 0.166. The third kappa shape index (κ3) is 21.5. The van der Waals surface area contributed by atoms with Crippen molar-refractivity contribution in [1.29, 1.82) is 0 Å². The molecule has 1 aliphatic heterocycles. The van der Waals surface area contributed by atoms with Crippen LogP contribution in [0.25, 0.3) is 0 Å². The fraction of sp³-hybridized carbons (Fsp3) is 0.685. The SMILES string of the molecule is CCC[C@H](NC(=O)[C@H]([C@@H](C)OCc1ccccc1)N(C)C(=O)[C@H](NC(=O)[C@@H](NC(=O)CNC(=O)CN(C)C(C)=O)C(C)C)[C@@H](C)CC)C(=O)N[C@H](C(=O)N[C@@H](CCCN=C(N)N)C(=O)N1CCC[C@H]1C(=O)NCC)[C@@H](C)CC. The number of ether oxygens (including phenoxy) is 1. The highest BCUT2D eigenvalue weighted by molar-refractivity contribution is 5.98. The number of benzene rings is 1. The maximum atomic E-state index is 14.9. The monoisotopic (exact) mass is 1100 g/mol. The van der Waals surface area contributed by atoms with Crippen LogP contribution in [0.15, 0.2) is 35.3 Å². The molecular weight excluding hydrogens is 1010 g/mol. The van der Waals surface area contributed by atoms with Crippen LogP contribution in [0.5, 0.6) is 0 Å². The fourth-order valence-electron chi connectivity index (χ4n) is 8.79. The van der Waals surface area contributed by atoms with Crippen molar-refractivity contribution < 1.29 is 52.7 Å². The number of hydrogen-bond donors (Lipinski definition) is 9. The summed E-state index contributed by atoms with van der Waals surface area (Å²) >= 11 is 0. The number of nitrogens with two attached hydrogens (primary N) is 2. The van der Waals surface area contributed by atoms with Crippen LogP contribution in [-0.2, 0) is 59.3 Å². The lowest BCUT2D eigenvalue weighted by Gasteiger charge is -2.37. The molecule has 11 N–H and O–H groups in total. The Kier molecular flexibility index (Phi) is 29.4. The Balaban J connectivity index is 2.50. The van der Waals surface area contributed by atoms with Gasteiger partial charge < -0.3 is 68.1 Å². The highest BCUT2D eigenvalue weighted by atomic mass is 16.5. The van der Waals surface area contributed by atoms with E-state index in [0.717, 1.165) is 5.56 Å². The quantitative estimate of drug-likeness (QED) is 0.0258. The van der Waals surface area contributed by atoms with E-state index < -0.39 is 120 Å². The first-order valence-electron chi connectivity index (χ1n) is 27.4. The molecule has 1 heterocycles. The lowest BCUT2D eigenvalue weighted by molar-refractivity contribution is -0.149. The summed E-state index contributed by atoms with van der Waals surface area (Å²) in [6.07, 6.45) is 1.82. The van der Waals surface area contributed by atoms with Crippen LogP contribution in [0.3, 0.4) is 0 Å². The number of aliphatic imine (C=N–C) groups is 1. The zero-order chi connectivity index (χ0) is 58.8. The van der Waals surface area contributed by atoms with Gasteiger partial charge in [-0.3, -0.25) is 52.9 Å². The Bertz CT molecular complexity index is 2190. The Labute approximate surface area is 460 Å². The maximum Gasteiger partial charge on any atom is 0.246 e. The summed E-state index contributed by atoms with van der Waals surface area (Å²) in [5, 5.41) is 19.2. The molecular formula is C54H91N13O11. The number of likely N-dealkylation sites (tertiary alicyclic amines) is 1. The molecule has 438 valence electrons. The van der Waals surface area contributed by atoms with E-state index in [9.17, 15) is 47.9 Å². The van der Waals surface area contributed by atoms with Gasteiger partial charge in [0.05, 0.1) is 25.8 Å². The lowest BCUT2D eigenvalue weighted by Crippen LogP contribution is -2.63. The van der Waals surface area contributed by atoms with Gasteiger partial charge in [0, 0.05) is 40.7 Å². The van der Waals surface area contributed by atoms with Gasteiger partial charge in [-0.2, -0.15) is 0 Å². The smallest absolute Gasteiger partial charge is 0.246 e. The molecule has 0 bridgehead atoms. The zero-order valence-corrected chi connectivity index (χ0v) is 48.1. The Morgan fingerprint density at radius 3 is 1.91 bits per heavy atom. The van der Waals surface area contributed by atoms with Gasteiger partial charge in [-0.1, -0.05) is 98.1 Å². The standard InChI is InChI=1S/C54H91N13O11/c1-13-22-38(47(71)63-44(33(7)14-2)50(74)61-39(25-20-27-58-54(55)56)52(76)67-28-21-26-40(67)48(72)57-16-4)60-51(75)46(35(9)78-31-37-23-18-17-19-24-37)66(12)53(77)45(34(8)15-3)64-49(73)43(32(5)6)62-41(69)29-59-42(70)30-65(11)36(10)68/h17-19,23-24,32-35,38-40,43-46H,13-16,20-22,25-31H2,1-12H3,(H,57,72)(H,59,70)(H,60,75)(H,61,74)(H,62,69)(H,63,71)(H,64,73)(H4,55,56,58)/t33-,34-,35+,38-,39-,40-,43-,44-,45+,46-/m0/s1. The largest absolute Gasteiger partial charge is 0.371 e. The van der Waals surface area contributed by atoms with Crippen molar-refractivity contribution in [1.82, 2.24) is 51.9 Å². The molecule has 0 spiro atoms. The van der Waals surface area contributed by atoms with Gasteiger partial charge >= 0.3 is 0 Å². The zero-order valence-electron chi connectivity index (χ0n) is 48.1. The molecule has 78 heavy (non-hydrogen) atoms. The topological polar surface area (TPSA) is 338 Å². The molecule has 1 saturated heterocycles. The molecule has 1 aromatic carbocycles. The van der Waals surface area contributed by atoms with Gasteiger partial charge in [-0.05, 0) is 69.3 Å². The molecule has 0 radical (unpaired) electrons. The summed E-state index contributed by atoms with van der Waals surface area (Å²) in [7, 11) is 2.84. The second kappa shape index (κ2) is 34.1. The van der Waals surface area contributed by atoms with Crippen molar-refractivity contribution in [2.75, 3.05) is 46.8 Å². The second-order valence-corrected chi connectivity index (χ2v) is 20.5. The number of carbonyl (C=O) groups is 10. The van der Waals surface area contributed by atoms with Crippen LogP contribution in [0, 0.1) is 17.8 Å². The van der Waals surface area contributed by atoms with Crippen LogP contribution >= 0.6 is 0 Å². The molecule has 10 amide bonds. The maximum absolute atomic E-state index is 14.9. The molecule has 0 unspecified atom stereocenters. The van der Waals surface area contributed by atoms with Crippen molar-refractivity contribution in [2.24, 2.45) is 34.2 Å². The first-order valence-corrected chi connectivity index (χ1v) is 27.4. The van der Waals surface area contributed by atoms with Crippen LogP contribution in [-0.4, -0.2) is 175 Å². The molecule has 0 aromatic heterocycles. The molecule has 1 aromatic rings. The highest BCUT2D eigenvalue weighted by Gasteiger charge is 2.42. The summed E-state index contributed by atoms with van der Waals surface area (Å²) in [6, 6.07) is 1.16. The molecule has 24 heteroatoms. The molecule has 10 atom stereocenters. The van der Waals surface area contributed by atoms with E-state index in [-0.39, 0.29) is 50.3 Å². The first-order chi connectivity index (χ1) is 36.8. The van der Waals surface area contributed by atoms with Crippen LogP contribution in [0.4, 0.5) is 0 Å². The number of nitrogens with zero attached hydrogens (tertiary/aromatic N) is 4. The Hall–Kier alpha value is -6.85. The van der Waals surface area contributed by atoms with Gasteiger partial charge in [0.2, 0.25) is 59.1 Å². The number of nitrogens with one attached hydrogen (secondary N) is 7. The van der Waals surface area contributed by atoms with Gasteiger partial charge in [0.1, 0.15) is 42.3 Å². The molecule has 24 nitrogen and oxygen atoms in total. The van der Waals surface area contributed by atoms with Crippen molar-refractivity contribution >= 4 is 65.0 Å². The molecule has 1 fully saturated rings. The first kappa shape index (κ1) is 67.3. The lowest BCUT2D eigenvalue weighted by atomic mass is 9.95. The van der Waals surface area contributed by atoms with E-state index in [0.29, 0.717) is 51.6 Å². The molecule has 0 aliphatic carbocycles. The average Bonchev–Trinajstić information content (AvgIpc) is 3.91. The van der Waals surface area contributed by atoms with Crippen LogP contribution < -0.4 is 48.7 Å². The molecule has 2 rings (SSSR count). The predicted molar refractivity (Wildman–Crippen MR) is 295 cm³/mol. The Morgan fingerprint density at radius 1 is 0.731 bits per heavy atom. The van der Waals surface area contributed by atoms with E-state index in [1.54, 1.807) is 41.5 Å². The van der Waals surface area contributed by atoms with Gasteiger partial charge in [-0.15, -0.1) is 0 Å². The van der Waals surface area contributed by atoms with Gasteiger partial charge in [-0.25, -0.2) is 0 Å². The minimum absolute atomic E-state index is 0.0513. The summed E-state index contributed by atoms with van der Waals surface area (Å²) in [4.78, 5) is 145. The van der Waals surface area contributed by atoms with Crippen molar-refractivity contribution in [3.8, 4) is 0 Å². The summed E-state index contributed by atoms with van der Waals surface area (Å²) in [6.45, 7) is 17.2. The van der Waals surface area contributed by atoms with E-state index in [4.69, 9.17) is 16.2 Å². The minimum atomic E-state index is -1.39. The van der Waals surface area contributed by atoms with E-state index in [2.05, 4.69) is 42.2 Å². The summed E-state index contributed by atoms with van der Waals surface area (Å²) in [5.41, 5.74) is 11.9. The third-order valence-corrected chi connectivity index (χ3v) is 14.0. The van der Waals surface area contributed by atoms with Crippen molar-refractivity contribution in [3.63, 3.8) is 0 Å². The molecule has 1 aliphatic rings. The van der Waals surface area contributed by atoms with Gasteiger partial charge in [0.25, 0.3) is 0 Å². The second-order valence-electron chi connectivity index (χ2n) is 20.5. The minimum Gasteiger partial charge on any atom is -0.371 e. The Morgan fingerprint density at radius 2 is 1.33 bits per heavy atom. The molecule has 0 saturated carbocycles. The number of likely N-dealkylation sites (N-methyl/N-ethyl adjacent to an activating group) is 3. The summed E-state index contributed by atoms with van der Waals surface area (Å²) < 4.78 is 6.27. The number of rotatable bonds is 33. The van der Waals surface area contributed by atoms with E-state index in [1.165, 1.54) is 35.7 Å². The normalized spacial score (nSPS) is 16.5. The average molecular weight is 1100 g/mol. The number of guanidine groups is 1. The van der Waals surface area contributed by atoms with Gasteiger partial charge in [0.15, 0.2) is 5.96 Å². The number of hydrogen-bond acceptors (Lipinski definition) is 12. The third-order valence-electron chi connectivity index (χ3n) is 14.0. The van der Waals surface area contributed by atoms with Crippen LogP contribution in [0.1, 0.15) is 126 Å². The van der Waals surface area contributed by atoms with Crippen LogP contribution in [0.2, 0.25) is 0 Å². The number of carbonyl (C=O) groups excluding carboxylic acids is 10. The van der Waals surface area contributed by atoms with Crippen molar-refractivity contribution in [2.45, 2.75) is 176 Å². The summed E-state index contributed by atoms with van der Waals surface area (Å²) in [5.74, 6) is -7.42. The van der Waals surface area contributed by atoms with E-state index in [1.807, 2.05) is 51.1 Å². The highest BCUT2D eigenvalue weighted by Crippen LogP contribution is 2.22. The number of amides is 10.